The van der Waals surface area contributed by atoms with Gasteiger partial charge >= 0.3 is 0 Å². The first kappa shape index (κ1) is 20.8. The Morgan fingerprint density at radius 1 is 0.966 bits per heavy atom. The van der Waals surface area contributed by atoms with E-state index in [9.17, 15) is 0 Å². The maximum absolute atomic E-state index is 5.83. The molecule has 3 aromatic rings. The van der Waals surface area contributed by atoms with Gasteiger partial charge < -0.3 is 19.5 Å². The molecule has 0 radical (unpaired) electrons. The number of para-hydroxylation sites is 1. The van der Waals surface area contributed by atoms with E-state index in [4.69, 9.17) is 14.2 Å². The normalized spacial score (nSPS) is 10.3. The molecule has 0 fully saturated rings. The monoisotopic (exact) mass is 453 g/mol. The molecular formula is C24H24BrNO3. The van der Waals surface area contributed by atoms with Crippen LogP contribution in [0.2, 0.25) is 0 Å². The van der Waals surface area contributed by atoms with Crippen molar-refractivity contribution in [1.82, 2.24) is 0 Å². The van der Waals surface area contributed by atoms with Crippen LogP contribution < -0.4 is 19.5 Å². The fourth-order valence-electron chi connectivity index (χ4n) is 2.74. The maximum Gasteiger partial charge on any atom is 0.175 e. The molecule has 3 aromatic carbocycles. The summed E-state index contributed by atoms with van der Waals surface area (Å²) in [4.78, 5) is 0. The Hall–Kier alpha value is -2.92. The minimum Gasteiger partial charge on any atom is -0.490 e. The van der Waals surface area contributed by atoms with Crippen molar-refractivity contribution in [2.24, 2.45) is 0 Å². The largest absolute Gasteiger partial charge is 0.490 e. The quantitative estimate of drug-likeness (QED) is 0.342. The number of hydrogen-bond acceptors (Lipinski definition) is 4. The molecule has 4 nitrogen and oxygen atoms in total. The number of rotatable bonds is 10. The number of ether oxygens (including phenoxy) is 3. The Morgan fingerprint density at radius 3 is 2.38 bits per heavy atom. The minimum atomic E-state index is 0.424. The molecule has 0 saturated carbocycles. The zero-order chi connectivity index (χ0) is 20.5. The summed E-state index contributed by atoms with van der Waals surface area (Å²) in [6, 6.07) is 21.6. The Balaban J connectivity index is 1.65. The fourth-order valence-corrected chi connectivity index (χ4v) is 3.34. The van der Waals surface area contributed by atoms with Gasteiger partial charge in [-0.05, 0) is 76.9 Å². The third kappa shape index (κ3) is 6.03. The average Bonchev–Trinajstić information content (AvgIpc) is 2.74. The van der Waals surface area contributed by atoms with Gasteiger partial charge in [-0.3, -0.25) is 0 Å². The number of nitrogens with one attached hydrogen (secondary N) is 1. The highest BCUT2D eigenvalue weighted by atomic mass is 79.9. The van der Waals surface area contributed by atoms with Crippen LogP contribution in [0.1, 0.15) is 12.5 Å². The maximum atomic E-state index is 5.83. The molecule has 0 saturated heterocycles. The lowest BCUT2D eigenvalue weighted by molar-refractivity contribution is 0.295. The van der Waals surface area contributed by atoms with E-state index in [0.29, 0.717) is 31.3 Å². The topological polar surface area (TPSA) is 39.7 Å². The third-order valence-corrected chi connectivity index (χ3v) is 4.63. The van der Waals surface area contributed by atoms with E-state index in [0.717, 1.165) is 27.2 Å². The molecular weight excluding hydrogens is 430 g/mol. The van der Waals surface area contributed by atoms with Crippen LogP contribution in [0.4, 0.5) is 5.69 Å². The summed E-state index contributed by atoms with van der Waals surface area (Å²) in [5.74, 6) is 3.03. The second kappa shape index (κ2) is 10.6. The summed E-state index contributed by atoms with van der Waals surface area (Å²) < 4.78 is 18.2. The molecule has 0 spiro atoms. The van der Waals surface area contributed by atoms with E-state index in [1.807, 2.05) is 73.7 Å². The van der Waals surface area contributed by atoms with Gasteiger partial charge in [0.15, 0.2) is 11.5 Å². The van der Waals surface area contributed by atoms with Gasteiger partial charge in [0.1, 0.15) is 18.1 Å². The lowest BCUT2D eigenvalue weighted by Crippen LogP contribution is -2.03. The van der Waals surface area contributed by atoms with Gasteiger partial charge in [0.25, 0.3) is 0 Å². The average molecular weight is 454 g/mol. The summed E-state index contributed by atoms with van der Waals surface area (Å²) in [6.07, 6.45) is 1.71. The van der Waals surface area contributed by atoms with E-state index < -0.39 is 0 Å². The van der Waals surface area contributed by atoms with Gasteiger partial charge in [-0.15, -0.1) is 0 Å². The lowest BCUT2D eigenvalue weighted by atomic mass is 10.2. The molecule has 0 aliphatic rings. The highest BCUT2D eigenvalue weighted by Crippen LogP contribution is 2.37. The number of hydrogen-bond donors (Lipinski definition) is 1. The second-order valence-electron chi connectivity index (χ2n) is 6.23. The van der Waals surface area contributed by atoms with Crippen molar-refractivity contribution < 1.29 is 14.2 Å². The van der Waals surface area contributed by atoms with E-state index >= 15 is 0 Å². The molecule has 0 aliphatic carbocycles. The fraction of sp³-hybridized carbons (Fsp3) is 0.167. The van der Waals surface area contributed by atoms with E-state index in [1.54, 1.807) is 6.08 Å². The van der Waals surface area contributed by atoms with Crippen LogP contribution in [0.25, 0.3) is 0 Å². The van der Waals surface area contributed by atoms with E-state index in [1.165, 1.54) is 0 Å². The van der Waals surface area contributed by atoms with Crippen molar-refractivity contribution >= 4 is 21.6 Å². The molecule has 0 aliphatic heterocycles. The zero-order valence-electron chi connectivity index (χ0n) is 16.4. The Labute approximate surface area is 180 Å². The summed E-state index contributed by atoms with van der Waals surface area (Å²) in [7, 11) is 0. The Morgan fingerprint density at radius 2 is 1.69 bits per heavy atom. The van der Waals surface area contributed by atoms with Gasteiger partial charge in [0.2, 0.25) is 0 Å². The van der Waals surface area contributed by atoms with Gasteiger partial charge in [-0.1, -0.05) is 30.9 Å². The molecule has 29 heavy (non-hydrogen) atoms. The SMILES string of the molecule is C=CCOc1c(Br)cc(CNc2ccc(Oc3ccccc3)cc2)cc1OCC. The number of benzene rings is 3. The zero-order valence-corrected chi connectivity index (χ0v) is 17.9. The first-order chi connectivity index (χ1) is 14.2. The molecule has 0 heterocycles. The van der Waals surface area contributed by atoms with Crippen molar-refractivity contribution in [3.05, 3.63) is 89.4 Å². The van der Waals surface area contributed by atoms with Crippen molar-refractivity contribution in [3.8, 4) is 23.0 Å². The van der Waals surface area contributed by atoms with Crippen molar-refractivity contribution in [2.45, 2.75) is 13.5 Å². The number of anilines is 1. The second-order valence-corrected chi connectivity index (χ2v) is 7.08. The van der Waals surface area contributed by atoms with Crippen LogP contribution in [-0.2, 0) is 6.54 Å². The van der Waals surface area contributed by atoms with Gasteiger partial charge in [0.05, 0.1) is 11.1 Å². The molecule has 0 unspecified atom stereocenters. The van der Waals surface area contributed by atoms with Gasteiger partial charge in [0, 0.05) is 12.2 Å². The van der Waals surface area contributed by atoms with E-state index in [-0.39, 0.29) is 0 Å². The smallest absolute Gasteiger partial charge is 0.175 e. The first-order valence-corrected chi connectivity index (χ1v) is 10.2. The standard InChI is InChI=1S/C24H24BrNO3/c1-3-14-28-24-22(25)15-18(16-23(24)27-4-2)17-26-19-10-12-21(13-11-19)29-20-8-6-5-7-9-20/h3,5-13,15-16,26H,1,4,14,17H2,2H3. The van der Waals surface area contributed by atoms with Crippen molar-refractivity contribution in [1.29, 1.82) is 0 Å². The lowest BCUT2D eigenvalue weighted by Gasteiger charge is -2.15. The predicted molar refractivity (Wildman–Crippen MR) is 121 cm³/mol. The molecule has 150 valence electrons. The molecule has 0 bridgehead atoms. The van der Waals surface area contributed by atoms with Crippen LogP contribution in [0.15, 0.2) is 83.9 Å². The van der Waals surface area contributed by atoms with Crippen LogP contribution in [0.3, 0.4) is 0 Å². The van der Waals surface area contributed by atoms with E-state index in [2.05, 4.69) is 27.8 Å². The summed E-state index contributed by atoms with van der Waals surface area (Å²) in [6.45, 7) is 7.29. The molecule has 1 N–H and O–H groups in total. The summed E-state index contributed by atoms with van der Waals surface area (Å²) in [5.41, 5.74) is 2.09. The highest BCUT2D eigenvalue weighted by molar-refractivity contribution is 9.10. The third-order valence-electron chi connectivity index (χ3n) is 4.04. The molecule has 0 atom stereocenters. The molecule has 5 heteroatoms. The predicted octanol–water partition coefficient (Wildman–Crippen LogP) is 6.82. The molecule has 3 rings (SSSR count). The van der Waals surface area contributed by atoms with Crippen LogP contribution in [0, 0.1) is 0 Å². The highest BCUT2D eigenvalue weighted by Gasteiger charge is 2.12. The molecule has 0 amide bonds. The van der Waals surface area contributed by atoms with Gasteiger partial charge in [-0.25, -0.2) is 0 Å². The summed E-state index contributed by atoms with van der Waals surface area (Å²) in [5, 5.41) is 3.42. The Kier molecular flexibility index (Phi) is 7.59. The van der Waals surface area contributed by atoms with Crippen molar-refractivity contribution in [2.75, 3.05) is 18.5 Å². The summed E-state index contributed by atoms with van der Waals surface area (Å²) >= 11 is 3.58. The Bertz CT molecular complexity index is 927. The van der Waals surface area contributed by atoms with Crippen LogP contribution >= 0.6 is 15.9 Å². The number of halogens is 1. The molecule has 0 aromatic heterocycles. The minimum absolute atomic E-state index is 0.424. The van der Waals surface area contributed by atoms with Gasteiger partial charge in [-0.2, -0.15) is 0 Å². The van der Waals surface area contributed by atoms with Crippen LogP contribution in [0.5, 0.6) is 23.0 Å². The van der Waals surface area contributed by atoms with Crippen molar-refractivity contribution in [3.63, 3.8) is 0 Å². The van der Waals surface area contributed by atoms with Crippen LogP contribution in [-0.4, -0.2) is 13.2 Å². The first-order valence-electron chi connectivity index (χ1n) is 9.45.